The molecule has 190 valence electrons. The van der Waals surface area contributed by atoms with Gasteiger partial charge in [-0.15, -0.1) is 0 Å². The van der Waals surface area contributed by atoms with Crippen molar-refractivity contribution in [3.63, 3.8) is 0 Å². The van der Waals surface area contributed by atoms with Crippen LogP contribution >= 0.6 is 0 Å². The largest absolute Gasteiger partial charge is 0.383 e. The normalized spacial score (nSPS) is 18.9. The SMILES string of the molecule is C=CC(=O)N1CC(n2c(C#CC3CC3)c(C(=O)NCc3cccc(F)c3F)c3c(N)ncnc32)CC1C. The van der Waals surface area contributed by atoms with Crippen LogP contribution in [0.25, 0.3) is 11.0 Å². The summed E-state index contributed by atoms with van der Waals surface area (Å²) in [7, 11) is 0. The molecule has 8 nitrogen and oxygen atoms in total. The third-order valence-electron chi connectivity index (χ3n) is 6.86. The standard InChI is InChI=1S/C27H26F2N6O2/c1-3-21(36)34-13-18(11-15(34)2)35-20(10-9-16-7-8-16)22(23-25(30)32-14-33-26(23)35)27(37)31-12-17-5-4-6-19(28)24(17)29/h3-6,14-16,18H,1,7-8,11-13H2,2H3,(H,31,37)(H2,30,32,33). The molecule has 0 bridgehead atoms. The summed E-state index contributed by atoms with van der Waals surface area (Å²) >= 11 is 0. The molecule has 3 aromatic rings. The molecule has 2 aliphatic rings. The highest BCUT2D eigenvalue weighted by atomic mass is 19.2. The second-order valence-corrected chi connectivity index (χ2v) is 9.42. The highest BCUT2D eigenvalue weighted by Gasteiger charge is 2.36. The summed E-state index contributed by atoms with van der Waals surface area (Å²) in [6, 6.07) is 3.51. The summed E-state index contributed by atoms with van der Waals surface area (Å²) in [5.41, 5.74) is 7.27. The fourth-order valence-electron chi connectivity index (χ4n) is 4.82. The predicted molar refractivity (Wildman–Crippen MR) is 134 cm³/mol. The van der Waals surface area contributed by atoms with Crippen LogP contribution in [0.1, 0.15) is 53.8 Å². The van der Waals surface area contributed by atoms with Crippen LogP contribution in [0.15, 0.2) is 37.2 Å². The molecular weight excluding hydrogens is 478 g/mol. The highest BCUT2D eigenvalue weighted by molar-refractivity contribution is 6.11. The van der Waals surface area contributed by atoms with Crippen molar-refractivity contribution in [2.45, 2.75) is 44.8 Å². The second kappa shape index (κ2) is 9.65. The number of anilines is 1. The summed E-state index contributed by atoms with van der Waals surface area (Å²) in [6.07, 6.45) is 5.18. The number of benzene rings is 1. The van der Waals surface area contributed by atoms with Crippen LogP contribution < -0.4 is 11.1 Å². The molecule has 0 radical (unpaired) electrons. The molecule has 2 atom stereocenters. The first-order valence-corrected chi connectivity index (χ1v) is 12.1. The van der Waals surface area contributed by atoms with E-state index in [1.54, 1.807) is 4.90 Å². The third-order valence-corrected chi connectivity index (χ3v) is 6.86. The molecule has 2 aromatic heterocycles. The maximum atomic E-state index is 14.2. The molecule has 0 spiro atoms. The van der Waals surface area contributed by atoms with E-state index in [0.717, 1.165) is 18.9 Å². The summed E-state index contributed by atoms with van der Waals surface area (Å²) in [5, 5.41) is 3.01. The topological polar surface area (TPSA) is 106 Å². The van der Waals surface area contributed by atoms with Gasteiger partial charge in [-0.05, 0) is 44.2 Å². The van der Waals surface area contributed by atoms with Crippen molar-refractivity contribution in [3.05, 3.63) is 65.6 Å². The Kier molecular flexibility index (Phi) is 6.38. The van der Waals surface area contributed by atoms with Crippen molar-refractivity contribution in [2.75, 3.05) is 12.3 Å². The molecule has 1 aliphatic heterocycles. The van der Waals surface area contributed by atoms with Crippen molar-refractivity contribution in [3.8, 4) is 11.8 Å². The predicted octanol–water partition coefficient (Wildman–Crippen LogP) is 3.33. The number of nitrogens with one attached hydrogen (secondary N) is 1. The zero-order valence-corrected chi connectivity index (χ0v) is 20.3. The molecule has 3 N–H and O–H groups in total. The summed E-state index contributed by atoms with van der Waals surface area (Å²) in [5.74, 6) is 3.99. The molecule has 2 amide bonds. The van der Waals surface area contributed by atoms with Crippen molar-refractivity contribution in [1.29, 1.82) is 0 Å². The van der Waals surface area contributed by atoms with E-state index in [1.807, 2.05) is 11.5 Å². The van der Waals surface area contributed by atoms with Gasteiger partial charge < -0.3 is 20.5 Å². The smallest absolute Gasteiger partial charge is 0.255 e. The summed E-state index contributed by atoms with van der Waals surface area (Å²) in [6.45, 7) is 5.69. The van der Waals surface area contributed by atoms with Crippen LogP contribution in [0.5, 0.6) is 0 Å². The van der Waals surface area contributed by atoms with Crippen molar-refractivity contribution < 1.29 is 18.4 Å². The van der Waals surface area contributed by atoms with E-state index in [0.29, 0.717) is 29.7 Å². The maximum absolute atomic E-state index is 14.2. The Morgan fingerprint density at radius 2 is 2.08 bits per heavy atom. The average Bonchev–Trinajstić information content (AvgIpc) is 3.54. The van der Waals surface area contributed by atoms with Crippen LogP contribution in [0.4, 0.5) is 14.6 Å². The highest BCUT2D eigenvalue weighted by Crippen LogP contribution is 2.37. The van der Waals surface area contributed by atoms with Gasteiger partial charge in [0.15, 0.2) is 11.6 Å². The van der Waals surface area contributed by atoms with Gasteiger partial charge in [0.2, 0.25) is 5.91 Å². The summed E-state index contributed by atoms with van der Waals surface area (Å²) < 4.78 is 29.8. The Balaban J connectivity index is 1.61. The van der Waals surface area contributed by atoms with E-state index in [9.17, 15) is 18.4 Å². The maximum Gasteiger partial charge on any atom is 0.255 e. The molecule has 3 heterocycles. The minimum Gasteiger partial charge on any atom is -0.383 e. The monoisotopic (exact) mass is 504 g/mol. The zero-order valence-electron chi connectivity index (χ0n) is 20.3. The Hall–Kier alpha value is -4.26. The first-order chi connectivity index (χ1) is 17.8. The van der Waals surface area contributed by atoms with E-state index in [2.05, 4.69) is 33.7 Å². The van der Waals surface area contributed by atoms with Crippen LogP contribution in [0, 0.1) is 29.4 Å². The first-order valence-electron chi connectivity index (χ1n) is 12.1. The number of amides is 2. The Bertz CT molecular complexity index is 1480. The third kappa shape index (κ3) is 4.53. The lowest BCUT2D eigenvalue weighted by atomic mass is 10.1. The molecule has 2 unspecified atom stereocenters. The van der Waals surface area contributed by atoms with Gasteiger partial charge in [0.25, 0.3) is 5.91 Å². The molecule has 1 aromatic carbocycles. The molecule has 10 heteroatoms. The molecule has 5 rings (SSSR count). The Morgan fingerprint density at radius 3 is 2.81 bits per heavy atom. The van der Waals surface area contributed by atoms with E-state index in [4.69, 9.17) is 5.73 Å². The number of nitrogens with zero attached hydrogens (tertiary/aromatic N) is 4. The van der Waals surface area contributed by atoms with E-state index in [1.165, 1.54) is 24.5 Å². The quantitative estimate of drug-likeness (QED) is 0.410. The Morgan fingerprint density at radius 1 is 1.30 bits per heavy atom. The minimum atomic E-state index is -1.02. The molecule has 1 aliphatic carbocycles. The minimum absolute atomic E-state index is 0.00937. The van der Waals surface area contributed by atoms with Gasteiger partial charge in [0, 0.05) is 30.6 Å². The van der Waals surface area contributed by atoms with Gasteiger partial charge in [0.05, 0.1) is 17.0 Å². The molecular formula is C27H26F2N6O2. The number of fused-ring (bicyclic) bond motifs is 1. The number of nitrogens with two attached hydrogens (primary N) is 1. The van der Waals surface area contributed by atoms with Gasteiger partial charge in [-0.3, -0.25) is 9.59 Å². The van der Waals surface area contributed by atoms with Crippen LogP contribution in [-0.4, -0.2) is 43.8 Å². The number of hydrogen-bond acceptors (Lipinski definition) is 5. The lowest BCUT2D eigenvalue weighted by molar-refractivity contribution is -0.126. The first kappa shape index (κ1) is 24.4. The van der Waals surface area contributed by atoms with E-state index < -0.39 is 17.5 Å². The number of halogens is 2. The van der Waals surface area contributed by atoms with Crippen LogP contribution in [0.3, 0.4) is 0 Å². The van der Waals surface area contributed by atoms with Gasteiger partial charge >= 0.3 is 0 Å². The van der Waals surface area contributed by atoms with Crippen molar-refractivity contribution >= 4 is 28.7 Å². The molecule has 37 heavy (non-hydrogen) atoms. The van der Waals surface area contributed by atoms with E-state index in [-0.39, 0.29) is 47.4 Å². The second-order valence-electron chi connectivity index (χ2n) is 9.42. The van der Waals surface area contributed by atoms with Crippen LogP contribution in [-0.2, 0) is 11.3 Å². The van der Waals surface area contributed by atoms with Crippen LogP contribution in [0.2, 0.25) is 0 Å². The average molecular weight is 505 g/mol. The summed E-state index contributed by atoms with van der Waals surface area (Å²) in [4.78, 5) is 36.2. The zero-order chi connectivity index (χ0) is 26.3. The number of likely N-dealkylation sites (tertiary alicyclic amines) is 1. The molecule has 2 fully saturated rings. The fourth-order valence-corrected chi connectivity index (χ4v) is 4.82. The van der Waals surface area contributed by atoms with Gasteiger partial charge in [0.1, 0.15) is 23.5 Å². The number of rotatable bonds is 5. The number of nitrogen functional groups attached to an aromatic ring is 1. The van der Waals surface area contributed by atoms with Gasteiger partial charge in [-0.2, -0.15) is 0 Å². The van der Waals surface area contributed by atoms with Gasteiger partial charge in [-0.1, -0.05) is 24.6 Å². The van der Waals surface area contributed by atoms with Crippen molar-refractivity contribution in [2.24, 2.45) is 5.92 Å². The van der Waals surface area contributed by atoms with E-state index >= 15 is 0 Å². The fraction of sp³-hybridized carbons (Fsp3) is 0.333. The molecule has 1 saturated carbocycles. The number of carbonyl (C=O) groups excluding carboxylic acids is 2. The number of hydrogen-bond donors (Lipinski definition) is 2. The lowest BCUT2D eigenvalue weighted by Crippen LogP contribution is -2.32. The molecule has 1 saturated heterocycles. The van der Waals surface area contributed by atoms with Gasteiger partial charge in [-0.25, -0.2) is 18.7 Å². The number of carbonyl (C=O) groups is 2. The Labute approximate surface area is 212 Å². The van der Waals surface area contributed by atoms with Crippen molar-refractivity contribution in [1.82, 2.24) is 24.8 Å². The number of aromatic nitrogens is 3. The lowest BCUT2D eigenvalue weighted by Gasteiger charge is -2.19.